The van der Waals surface area contributed by atoms with Crippen molar-refractivity contribution in [2.24, 2.45) is 0 Å². The Labute approximate surface area is 150 Å². The average Bonchev–Trinajstić information content (AvgIpc) is 3.08. The van der Waals surface area contributed by atoms with Crippen LogP contribution in [0.3, 0.4) is 0 Å². The lowest BCUT2D eigenvalue weighted by Crippen LogP contribution is -2.56. The van der Waals surface area contributed by atoms with Gasteiger partial charge < -0.3 is 30.1 Å². The molecule has 0 bridgehead atoms. The highest BCUT2D eigenvalue weighted by molar-refractivity contribution is 5.46. The second-order valence-electron chi connectivity index (χ2n) is 6.48. The van der Waals surface area contributed by atoms with Gasteiger partial charge in [0.2, 0.25) is 0 Å². The maximum Gasteiger partial charge on any atom is 0.199 e. The van der Waals surface area contributed by atoms with Gasteiger partial charge in [-0.1, -0.05) is 12.1 Å². The van der Waals surface area contributed by atoms with Gasteiger partial charge in [-0.25, -0.2) is 0 Å². The van der Waals surface area contributed by atoms with E-state index in [1.807, 2.05) is 43.3 Å². The summed E-state index contributed by atoms with van der Waals surface area (Å²) < 4.78 is 5.40. The number of nitrogens with zero attached hydrogens (tertiary/aromatic N) is 5. The minimum atomic E-state index is -1.49. The molecule has 0 saturated carbocycles. The molecule has 0 unspecified atom stereocenters. The summed E-state index contributed by atoms with van der Waals surface area (Å²) >= 11 is 0. The van der Waals surface area contributed by atoms with Crippen LogP contribution < -0.4 is 4.90 Å². The number of benzene rings is 1. The van der Waals surface area contributed by atoms with E-state index in [9.17, 15) is 20.4 Å². The summed E-state index contributed by atoms with van der Waals surface area (Å²) in [6.07, 6.45) is -6.10. The predicted molar refractivity (Wildman–Crippen MR) is 90.4 cm³/mol. The summed E-state index contributed by atoms with van der Waals surface area (Å²) in [4.78, 5) is 3.05. The zero-order chi connectivity index (χ0) is 18.8. The fraction of sp³-hybridized carbons (Fsp3) is 0.562. The molecule has 10 heteroatoms. The van der Waals surface area contributed by atoms with Gasteiger partial charge in [0.15, 0.2) is 12.1 Å². The first kappa shape index (κ1) is 18.7. The van der Waals surface area contributed by atoms with Gasteiger partial charge in [0.1, 0.15) is 24.4 Å². The van der Waals surface area contributed by atoms with Gasteiger partial charge in [0, 0.05) is 26.2 Å². The van der Waals surface area contributed by atoms with Crippen LogP contribution in [0.5, 0.6) is 0 Å². The van der Waals surface area contributed by atoms with E-state index in [-0.39, 0.29) is 0 Å². The quantitative estimate of drug-likeness (QED) is 0.489. The second kappa shape index (κ2) is 7.64. The lowest BCUT2D eigenvalue weighted by molar-refractivity contribution is -0.257. The van der Waals surface area contributed by atoms with Crippen molar-refractivity contribution in [2.45, 2.75) is 37.1 Å². The third-order valence-electron chi connectivity index (χ3n) is 4.38. The van der Waals surface area contributed by atoms with Crippen LogP contribution in [0.4, 0.5) is 5.69 Å². The molecule has 2 heterocycles. The van der Waals surface area contributed by atoms with Crippen LogP contribution in [0, 0.1) is 0 Å². The van der Waals surface area contributed by atoms with E-state index in [0.717, 1.165) is 16.0 Å². The molecular formula is C16H23N5O5. The number of aliphatic hydroxyl groups excluding tert-OH is 4. The Hall–Kier alpha value is -2.11. The van der Waals surface area contributed by atoms with Gasteiger partial charge in [-0.15, -0.1) is 15.0 Å². The third-order valence-corrected chi connectivity index (χ3v) is 4.38. The molecule has 1 saturated heterocycles. The largest absolute Gasteiger partial charge is 0.394 e. The Morgan fingerprint density at radius 3 is 2.38 bits per heavy atom. The Kier molecular flexibility index (Phi) is 5.49. The van der Waals surface area contributed by atoms with Crippen LogP contribution in [-0.4, -0.2) is 85.8 Å². The van der Waals surface area contributed by atoms with Crippen LogP contribution >= 0.6 is 0 Å². The van der Waals surface area contributed by atoms with E-state index < -0.39 is 37.3 Å². The molecule has 0 aliphatic carbocycles. The highest BCUT2D eigenvalue weighted by Crippen LogP contribution is 2.27. The maximum absolute atomic E-state index is 10.1. The molecule has 1 aliphatic rings. The third kappa shape index (κ3) is 3.69. The Morgan fingerprint density at radius 2 is 1.77 bits per heavy atom. The van der Waals surface area contributed by atoms with Gasteiger partial charge in [0.05, 0.1) is 6.61 Å². The van der Waals surface area contributed by atoms with Gasteiger partial charge in [-0.3, -0.25) is 0 Å². The van der Waals surface area contributed by atoms with Crippen LogP contribution in [-0.2, 0) is 11.2 Å². The van der Waals surface area contributed by atoms with Crippen molar-refractivity contribution in [3.05, 3.63) is 35.7 Å². The monoisotopic (exact) mass is 365 g/mol. The molecule has 3 rings (SSSR count). The minimum Gasteiger partial charge on any atom is -0.394 e. The van der Waals surface area contributed by atoms with Crippen LogP contribution in [0.1, 0.15) is 17.6 Å². The number of tetrazole rings is 1. The number of aromatic nitrogens is 4. The second-order valence-corrected chi connectivity index (χ2v) is 6.48. The smallest absolute Gasteiger partial charge is 0.199 e. The Bertz CT molecular complexity index is 720. The number of hydrogen-bond acceptors (Lipinski definition) is 9. The summed E-state index contributed by atoms with van der Waals surface area (Å²) in [7, 11) is 3.92. The van der Waals surface area contributed by atoms with Crippen LogP contribution in [0.15, 0.2) is 24.3 Å². The van der Waals surface area contributed by atoms with E-state index in [2.05, 4.69) is 15.4 Å². The van der Waals surface area contributed by atoms with Crippen molar-refractivity contribution in [3.63, 3.8) is 0 Å². The van der Waals surface area contributed by atoms with Crippen molar-refractivity contribution in [1.82, 2.24) is 20.2 Å². The lowest BCUT2D eigenvalue weighted by Gasteiger charge is -2.38. The van der Waals surface area contributed by atoms with E-state index >= 15 is 0 Å². The average molecular weight is 365 g/mol. The minimum absolute atomic E-state index is 0.416. The molecule has 0 amide bonds. The highest BCUT2D eigenvalue weighted by Gasteiger charge is 2.45. The summed E-state index contributed by atoms with van der Waals surface area (Å²) in [5.41, 5.74) is 2.07. The number of anilines is 1. The molecule has 5 atom stereocenters. The summed E-state index contributed by atoms with van der Waals surface area (Å²) in [6, 6.07) is 7.89. The molecule has 26 heavy (non-hydrogen) atoms. The SMILES string of the molecule is CN(C)c1ccc(Cc2nnn([C@@H]3O[C@H](CO)[C@@H](O)[C@H](O)[C@H]3O)n2)cc1. The summed E-state index contributed by atoms with van der Waals surface area (Å²) in [5, 5.41) is 51.0. The number of rotatable bonds is 5. The van der Waals surface area contributed by atoms with Crippen molar-refractivity contribution < 1.29 is 25.2 Å². The van der Waals surface area contributed by atoms with Gasteiger partial charge in [-0.05, 0) is 22.9 Å². The highest BCUT2D eigenvalue weighted by atomic mass is 16.6. The first-order chi connectivity index (χ1) is 12.4. The summed E-state index contributed by atoms with van der Waals surface area (Å²) in [5.74, 6) is 0.416. The molecule has 0 spiro atoms. The van der Waals surface area contributed by atoms with E-state index in [1.165, 1.54) is 0 Å². The van der Waals surface area contributed by atoms with Crippen molar-refractivity contribution in [3.8, 4) is 0 Å². The Balaban J connectivity index is 1.72. The topological polar surface area (TPSA) is 137 Å². The molecule has 1 fully saturated rings. The first-order valence-corrected chi connectivity index (χ1v) is 8.26. The fourth-order valence-electron chi connectivity index (χ4n) is 2.80. The molecule has 1 aliphatic heterocycles. The molecule has 1 aromatic carbocycles. The molecular weight excluding hydrogens is 342 g/mol. The predicted octanol–water partition coefficient (Wildman–Crippen LogP) is -1.70. The number of hydrogen-bond donors (Lipinski definition) is 4. The van der Waals surface area contributed by atoms with E-state index in [0.29, 0.717) is 12.2 Å². The normalized spacial score (nSPS) is 28.9. The lowest BCUT2D eigenvalue weighted by atomic mass is 9.99. The van der Waals surface area contributed by atoms with Crippen LogP contribution in [0.25, 0.3) is 0 Å². The van der Waals surface area contributed by atoms with Crippen molar-refractivity contribution in [2.75, 3.05) is 25.6 Å². The van der Waals surface area contributed by atoms with Gasteiger partial charge >= 0.3 is 0 Å². The molecule has 4 N–H and O–H groups in total. The van der Waals surface area contributed by atoms with Crippen molar-refractivity contribution >= 4 is 5.69 Å². The molecule has 1 aromatic heterocycles. The maximum atomic E-state index is 10.1. The van der Waals surface area contributed by atoms with Gasteiger partial charge in [0.25, 0.3) is 0 Å². The van der Waals surface area contributed by atoms with E-state index in [4.69, 9.17) is 4.74 Å². The number of ether oxygens (including phenoxy) is 1. The molecule has 142 valence electrons. The Morgan fingerprint density at radius 1 is 1.08 bits per heavy atom. The zero-order valence-corrected chi connectivity index (χ0v) is 14.5. The van der Waals surface area contributed by atoms with Crippen molar-refractivity contribution in [1.29, 1.82) is 0 Å². The standard InChI is InChI=1S/C16H23N5O5/c1-20(2)10-5-3-9(4-6-10)7-12-17-19-21(18-12)16-15(25)14(24)13(23)11(8-22)26-16/h3-6,11,13-16,22-25H,7-8H2,1-2H3/t11-,13-,14+,15-,16-/m1/s1. The molecule has 2 aromatic rings. The molecule has 0 radical (unpaired) electrons. The zero-order valence-electron chi connectivity index (χ0n) is 14.5. The first-order valence-electron chi connectivity index (χ1n) is 8.26. The van der Waals surface area contributed by atoms with Gasteiger partial charge in [-0.2, -0.15) is 0 Å². The number of aliphatic hydroxyl groups is 4. The van der Waals surface area contributed by atoms with Crippen LogP contribution in [0.2, 0.25) is 0 Å². The van der Waals surface area contributed by atoms with E-state index in [1.54, 1.807) is 0 Å². The summed E-state index contributed by atoms with van der Waals surface area (Å²) in [6.45, 7) is -0.513. The molecule has 10 nitrogen and oxygen atoms in total. The fourth-order valence-corrected chi connectivity index (χ4v) is 2.80.